The van der Waals surface area contributed by atoms with Gasteiger partial charge >= 0.3 is 0 Å². The van der Waals surface area contributed by atoms with E-state index < -0.39 is 0 Å². The van der Waals surface area contributed by atoms with E-state index in [1.54, 1.807) is 17.2 Å². The van der Waals surface area contributed by atoms with Crippen LogP contribution >= 0.6 is 0 Å². The molecule has 1 amide bonds. The normalized spacial score (nSPS) is 21.3. The van der Waals surface area contributed by atoms with Crippen molar-refractivity contribution in [2.45, 2.75) is 25.0 Å². The number of amides is 1. The molecule has 0 bridgehead atoms. The molecule has 2 aromatic rings. The lowest BCUT2D eigenvalue weighted by atomic mass is 10.1. The van der Waals surface area contributed by atoms with Crippen LogP contribution in [0.3, 0.4) is 0 Å². The highest BCUT2D eigenvalue weighted by molar-refractivity contribution is 5.82. The number of hydrogen-bond donors (Lipinski definition) is 3. The molecule has 21 heavy (non-hydrogen) atoms. The Kier molecular flexibility index (Phi) is 4.17. The fourth-order valence-electron chi connectivity index (χ4n) is 2.27. The number of carbonyl (C=O) groups is 1. The predicted molar refractivity (Wildman–Crippen MR) is 74.7 cm³/mol. The summed E-state index contributed by atoms with van der Waals surface area (Å²) in [5.41, 5.74) is 7.05. The summed E-state index contributed by atoms with van der Waals surface area (Å²) in [6.07, 6.45) is 5.52. The van der Waals surface area contributed by atoms with E-state index in [-0.39, 0.29) is 18.0 Å². The maximum atomic E-state index is 12.1. The van der Waals surface area contributed by atoms with Crippen molar-refractivity contribution in [2.75, 3.05) is 6.54 Å². The zero-order valence-electron chi connectivity index (χ0n) is 11.4. The van der Waals surface area contributed by atoms with Crippen LogP contribution in [0.5, 0.6) is 0 Å². The predicted octanol–water partition coefficient (Wildman–Crippen LogP) is -0.603. The summed E-state index contributed by atoms with van der Waals surface area (Å²) in [5, 5.41) is 6.86. The van der Waals surface area contributed by atoms with Crippen molar-refractivity contribution in [2.24, 2.45) is 0 Å². The third kappa shape index (κ3) is 3.41. The molecule has 1 saturated heterocycles. The van der Waals surface area contributed by atoms with Crippen molar-refractivity contribution in [1.82, 2.24) is 35.9 Å². The Hall–Kier alpha value is -2.32. The fourth-order valence-corrected chi connectivity index (χ4v) is 2.27. The Morgan fingerprint density at radius 2 is 2.38 bits per heavy atom. The summed E-state index contributed by atoms with van der Waals surface area (Å²) < 4.78 is 1.68. The van der Waals surface area contributed by atoms with Gasteiger partial charge in [-0.05, 0) is 18.6 Å². The lowest BCUT2D eigenvalue weighted by Crippen LogP contribution is -2.44. The largest absolute Gasteiger partial charge is 0.353 e. The van der Waals surface area contributed by atoms with Crippen molar-refractivity contribution in [1.29, 1.82) is 0 Å². The number of nitrogens with one attached hydrogen (secondary N) is 3. The smallest absolute Gasteiger partial charge is 0.238 e. The quantitative estimate of drug-likeness (QED) is 0.679. The standard InChI is InChI=1S/C13H17N7O/c21-13(16-5-6-20-9-14-8-17-20)12-7-11(18-19-12)10-3-1-2-4-15-10/h1-4,8-9,11-12,18-19H,5-7H2,(H,16,21). The monoisotopic (exact) mass is 287 g/mol. The molecule has 0 aliphatic carbocycles. The van der Waals surface area contributed by atoms with Crippen LogP contribution in [0.1, 0.15) is 18.2 Å². The molecule has 0 spiro atoms. The second-order valence-corrected chi connectivity index (χ2v) is 4.83. The van der Waals surface area contributed by atoms with E-state index in [0.717, 1.165) is 5.69 Å². The number of aromatic nitrogens is 4. The van der Waals surface area contributed by atoms with E-state index in [1.165, 1.54) is 6.33 Å². The zero-order chi connectivity index (χ0) is 14.5. The molecule has 2 unspecified atom stereocenters. The number of nitrogens with zero attached hydrogens (tertiary/aromatic N) is 4. The van der Waals surface area contributed by atoms with Gasteiger partial charge < -0.3 is 5.32 Å². The van der Waals surface area contributed by atoms with E-state index in [9.17, 15) is 4.79 Å². The van der Waals surface area contributed by atoms with E-state index in [4.69, 9.17) is 0 Å². The zero-order valence-corrected chi connectivity index (χ0v) is 11.4. The SMILES string of the molecule is O=C(NCCn1cncn1)C1CC(c2ccccn2)NN1. The molecule has 1 fully saturated rings. The Morgan fingerprint density at radius 3 is 3.14 bits per heavy atom. The van der Waals surface area contributed by atoms with Crippen LogP contribution in [0.4, 0.5) is 0 Å². The summed E-state index contributed by atoms with van der Waals surface area (Å²) in [6.45, 7) is 1.13. The van der Waals surface area contributed by atoms with Gasteiger partial charge in [-0.1, -0.05) is 6.07 Å². The van der Waals surface area contributed by atoms with Crippen LogP contribution in [-0.4, -0.2) is 38.2 Å². The van der Waals surface area contributed by atoms with Crippen LogP contribution in [-0.2, 0) is 11.3 Å². The average Bonchev–Trinajstić information content (AvgIpc) is 3.20. The molecule has 110 valence electrons. The molecular formula is C13H17N7O. The first-order valence-electron chi connectivity index (χ1n) is 6.85. The molecule has 1 aliphatic rings. The lowest BCUT2D eigenvalue weighted by Gasteiger charge is -2.10. The number of carbonyl (C=O) groups excluding carboxylic acids is 1. The maximum Gasteiger partial charge on any atom is 0.238 e. The summed E-state index contributed by atoms with van der Waals surface area (Å²) in [4.78, 5) is 20.2. The molecule has 2 atom stereocenters. The van der Waals surface area contributed by atoms with Gasteiger partial charge in [0.2, 0.25) is 5.91 Å². The van der Waals surface area contributed by atoms with Crippen molar-refractivity contribution >= 4 is 5.91 Å². The number of rotatable bonds is 5. The first-order valence-corrected chi connectivity index (χ1v) is 6.85. The van der Waals surface area contributed by atoms with Gasteiger partial charge in [-0.25, -0.2) is 15.8 Å². The summed E-state index contributed by atoms with van der Waals surface area (Å²) in [6, 6.07) is 5.56. The Bertz CT molecular complexity index is 571. The first kappa shape index (κ1) is 13.7. The molecule has 2 aromatic heterocycles. The van der Waals surface area contributed by atoms with E-state index in [1.807, 2.05) is 18.2 Å². The molecule has 3 N–H and O–H groups in total. The Labute approximate surface area is 122 Å². The van der Waals surface area contributed by atoms with E-state index in [2.05, 4.69) is 31.2 Å². The third-order valence-corrected chi connectivity index (χ3v) is 3.37. The molecule has 0 radical (unpaired) electrons. The van der Waals surface area contributed by atoms with Crippen molar-refractivity contribution in [3.05, 3.63) is 42.7 Å². The van der Waals surface area contributed by atoms with Crippen molar-refractivity contribution in [3.63, 3.8) is 0 Å². The van der Waals surface area contributed by atoms with E-state index >= 15 is 0 Å². The molecular weight excluding hydrogens is 270 g/mol. The van der Waals surface area contributed by atoms with Crippen LogP contribution in [0.25, 0.3) is 0 Å². The number of hydrazine groups is 1. The van der Waals surface area contributed by atoms with Crippen molar-refractivity contribution in [3.8, 4) is 0 Å². The average molecular weight is 287 g/mol. The minimum Gasteiger partial charge on any atom is -0.353 e. The highest BCUT2D eigenvalue weighted by Gasteiger charge is 2.30. The third-order valence-electron chi connectivity index (χ3n) is 3.37. The van der Waals surface area contributed by atoms with Crippen LogP contribution < -0.4 is 16.2 Å². The summed E-state index contributed by atoms with van der Waals surface area (Å²) >= 11 is 0. The van der Waals surface area contributed by atoms with Crippen LogP contribution in [0, 0.1) is 0 Å². The summed E-state index contributed by atoms with van der Waals surface area (Å²) in [7, 11) is 0. The van der Waals surface area contributed by atoms with Gasteiger partial charge in [0.05, 0.1) is 18.3 Å². The van der Waals surface area contributed by atoms with Crippen molar-refractivity contribution < 1.29 is 4.79 Å². The molecule has 8 heteroatoms. The highest BCUT2D eigenvalue weighted by atomic mass is 16.2. The summed E-state index contributed by atoms with van der Waals surface area (Å²) in [5.74, 6) is -0.0268. The molecule has 0 aromatic carbocycles. The van der Waals surface area contributed by atoms with E-state index in [0.29, 0.717) is 19.5 Å². The molecule has 8 nitrogen and oxygen atoms in total. The van der Waals surface area contributed by atoms with Crippen LogP contribution in [0.15, 0.2) is 37.1 Å². The van der Waals surface area contributed by atoms with Gasteiger partial charge in [0, 0.05) is 12.7 Å². The fraction of sp³-hybridized carbons (Fsp3) is 0.385. The minimum atomic E-state index is -0.257. The number of pyridine rings is 1. The second kappa shape index (κ2) is 6.42. The maximum absolute atomic E-state index is 12.1. The second-order valence-electron chi connectivity index (χ2n) is 4.83. The molecule has 1 aliphatic heterocycles. The Morgan fingerprint density at radius 1 is 1.43 bits per heavy atom. The van der Waals surface area contributed by atoms with Crippen LogP contribution in [0.2, 0.25) is 0 Å². The molecule has 3 rings (SSSR count). The Balaban J connectivity index is 1.46. The van der Waals surface area contributed by atoms with Gasteiger partial charge in [-0.15, -0.1) is 0 Å². The van der Waals surface area contributed by atoms with Gasteiger partial charge in [0.25, 0.3) is 0 Å². The highest BCUT2D eigenvalue weighted by Crippen LogP contribution is 2.19. The van der Waals surface area contributed by atoms with Gasteiger partial charge in [0.15, 0.2) is 0 Å². The first-order chi connectivity index (χ1) is 10.3. The molecule has 0 saturated carbocycles. The van der Waals surface area contributed by atoms with Gasteiger partial charge in [0.1, 0.15) is 18.7 Å². The molecule has 3 heterocycles. The lowest BCUT2D eigenvalue weighted by molar-refractivity contribution is -0.122. The van der Waals surface area contributed by atoms with Gasteiger partial charge in [-0.2, -0.15) is 5.10 Å². The minimum absolute atomic E-state index is 0.0268. The number of hydrogen-bond acceptors (Lipinski definition) is 6. The topological polar surface area (TPSA) is 96.8 Å². The van der Waals surface area contributed by atoms with Gasteiger partial charge in [-0.3, -0.25) is 14.5 Å².